The molecule has 7 heteroatoms. The molecule has 2 heterocycles. The van der Waals surface area contributed by atoms with Crippen molar-refractivity contribution in [1.29, 1.82) is 0 Å². The molecule has 0 aromatic heterocycles. The van der Waals surface area contributed by atoms with Gasteiger partial charge in [0.25, 0.3) is 0 Å². The van der Waals surface area contributed by atoms with E-state index in [2.05, 4.69) is 10.2 Å². The molecule has 0 bridgehead atoms. The Balaban J connectivity index is 1.47. The number of carbonyl (C=O) groups is 3. The van der Waals surface area contributed by atoms with E-state index in [1.807, 2.05) is 30.5 Å². The number of amides is 3. The van der Waals surface area contributed by atoms with Crippen LogP contribution in [-0.4, -0.2) is 53.8 Å². The highest BCUT2D eigenvalue weighted by molar-refractivity contribution is 7.98. The molecule has 168 valence electrons. The van der Waals surface area contributed by atoms with Gasteiger partial charge in [0.1, 0.15) is 6.04 Å². The third-order valence-electron chi connectivity index (χ3n) is 6.94. The summed E-state index contributed by atoms with van der Waals surface area (Å²) in [6.45, 7) is 2.15. The normalized spacial score (nSPS) is 24.8. The van der Waals surface area contributed by atoms with E-state index in [4.69, 9.17) is 0 Å². The zero-order chi connectivity index (χ0) is 21.8. The fourth-order valence-corrected chi connectivity index (χ4v) is 5.69. The number of fused-ring (bicyclic) bond motifs is 1. The lowest BCUT2D eigenvalue weighted by Gasteiger charge is -2.29. The van der Waals surface area contributed by atoms with Gasteiger partial charge in [0.2, 0.25) is 17.7 Å². The quantitative estimate of drug-likeness (QED) is 0.647. The summed E-state index contributed by atoms with van der Waals surface area (Å²) in [7, 11) is 0. The number of rotatable bonds is 7. The molecule has 1 aromatic rings. The van der Waals surface area contributed by atoms with E-state index in [1.165, 1.54) is 29.8 Å². The Labute approximate surface area is 189 Å². The number of anilines is 2. The SMILES string of the molecule is CSCC[C@H](C(=O)Nc1ccc(N2CCCCC2)cc1)N1C(=O)[C@H]2CCCC[C@@H]2C1=O. The van der Waals surface area contributed by atoms with E-state index >= 15 is 0 Å². The average Bonchev–Trinajstić information content (AvgIpc) is 3.06. The van der Waals surface area contributed by atoms with Crippen molar-refractivity contribution in [2.45, 2.75) is 57.4 Å². The Kier molecular flexibility index (Phi) is 7.20. The lowest BCUT2D eigenvalue weighted by Crippen LogP contribution is -2.48. The number of carbonyl (C=O) groups excluding carboxylic acids is 3. The first kappa shape index (κ1) is 22.2. The van der Waals surface area contributed by atoms with Gasteiger partial charge in [-0.3, -0.25) is 19.3 Å². The van der Waals surface area contributed by atoms with E-state index in [9.17, 15) is 14.4 Å². The lowest BCUT2D eigenvalue weighted by molar-refractivity contribution is -0.146. The number of nitrogens with zero attached hydrogens (tertiary/aromatic N) is 2. The van der Waals surface area contributed by atoms with E-state index in [1.54, 1.807) is 11.8 Å². The minimum atomic E-state index is -0.736. The van der Waals surface area contributed by atoms with Crippen molar-refractivity contribution in [3.8, 4) is 0 Å². The summed E-state index contributed by atoms with van der Waals surface area (Å²) in [6.07, 6.45) is 9.68. The molecule has 0 spiro atoms. The fourth-order valence-electron chi connectivity index (χ4n) is 5.24. The highest BCUT2D eigenvalue weighted by Crippen LogP contribution is 2.39. The van der Waals surface area contributed by atoms with Crippen LogP contribution in [0.15, 0.2) is 24.3 Å². The summed E-state index contributed by atoms with van der Waals surface area (Å²) in [4.78, 5) is 43.0. The first-order chi connectivity index (χ1) is 15.1. The monoisotopic (exact) mass is 443 g/mol. The zero-order valence-electron chi connectivity index (χ0n) is 18.3. The summed E-state index contributed by atoms with van der Waals surface area (Å²) in [5, 5.41) is 2.97. The molecule has 3 amide bonds. The summed E-state index contributed by atoms with van der Waals surface area (Å²) in [5.74, 6) is -0.282. The average molecular weight is 444 g/mol. The second kappa shape index (κ2) is 10.1. The molecule has 4 rings (SSSR count). The number of hydrogen-bond acceptors (Lipinski definition) is 5. The molecule has 2 saturated heterocycles. The molecule has 3 atom stereocenters. The van der Waals surface area contributed by atoms with Crippen molar-refractivity contribution in [2.75, 3.05) is 35.3 Å². The van der Waals surface area contributed by atoms with E-state index in [0.29, 0.717) is 12.1 Å². The van der Waals surface area contributed by atoms with Gasteiger partial charge in [-0.05, 0) is 74.8 Å². The van der Waals surface area contributed by atoms with Gasteiger partial charge < -0.3 is 10.2 Å². The summed E-state index contributed by atoms with van der Waals surface area (Å²) < 4.78 is 0. The van der Waals surface area contributed by atoms with Crippen molar-refractivity contribution in [1.82, 2.24) is 4.90 Å². The third-order valence-corrected chi connectivity index (χ3v) is 7.58. The van der Waals surface area contributed by atoms with Crippen LogP contribution < -0.4 is 10.2 Å². The van der Waals surface area contributed by atoms with Gasteiger partial charge in [-0.2, -0.15) is 11.8 Å². The number of benzene rings is 1. The molecular weight excluding hydrogens is 410 g/mol. The first-order valence-electron chi connectivity index (χ1n) is 11.6. The number of imide groups is 1. The van der Waals surface area contributed by atoms with Gasteiger partial charge in [0, 0.05) is 24.5 Å². The number of likely N-dealkylation sites (tertiary alicyclic amines) is 1. The van der Waals surface area contributed by atoms with Crippen LogP contribution in [0.3, 0.4) is 0 Å². The highest BCUT2D eigenvalue weighted by Gasteiger charge is 2.51. The van der Waals surface area contributed by atoms with Crippen LogP contribution in [-0.2, 0) is 14.4 Å². The number of thioether (sulfide) groups is 1. The molecule has 0 unspecified atom stereocenters. The number of piperidine rings is 1. The van der Waals surface area contributed by atoms with E-state index in [-0.39, 0.29) is 29.6 Å². The Morgan fingerprint density at radius 3 is 2.19 bits per heavy atom. The molecule has 2 aliphatic heterocycles. The largest absolute Gasteiger partial charge is 0.372 e. The lowest BCUT2D eigenvalue weighted by atomic mass is 9.81. The molecule has 6 nitrogen and oxygen atoms in total. The maximum Gasteiger partial charge on any atom is 0.247 e. The Morgan fingerprint density at radius 1 is 1.00 bits per heavy atom. The molecule has 3 aliphatic rings. The highest BCUT2D eigenvalue weighted by atomic mass is 32.2. The fraction of sp³-hybridized carbons (Fsp3) is 0.625. The van der Waals surface area contributed by atoms with Crippen LogP contribution in [0.2, 0.25) is 0 Å². The summed E-state index contributed by atoms with van der Waals surface area (Å²) in [5.41, 5.74) is 1.88. The van der Waals surface area contributed by atoms with Gasteiger partial charge in [-0.1, -0.05) is 12.8 Å². The van der Waals surface area contributed by atoms with Crippen molar-refractivity contribution in [3.05, 3.63) is 24.3 Å². The second-order valence-electron chi connectivity index (χ2n) is 8.93. The molecule has 0 radical (unpaired) electrons. The predicted molar refractivity (Wildman–Crippen MR) is 125 cm³/mol. The van der Waals surface area contributed by atoms with Crippen LogP contribution in [0, 0.1) is 11.8 Å². The molecule has 3 fully saturated rings. The smallest absolute Gasteiger partial charge is 0.247 e. The standard InChI is InChI=1S/C24H33N3O3S/c1-31-16-13-21(27-23(29)19-7-3-4-8-20(19)24(27)30)22(28)25-17-9-11-18(12-10-17)26-14-5-2-6-15-26/h9-12,19-21H,2-8,13-16H2,1H3,(H,25,28)/t19-,20-,21+/m0/s1. The minimum Gasteiger partial charge on any atom is -0.372 e. The van der Waals surface area contributed by atoms with Crippen molar-refractivity contribution < 1.29 is 14.4 Å². The molecule has 31 heavy (non-hydrogen) atoms. The Morgan fingerprint density at radius 2 is 1.61 bits per heavy atom. The molecule has 1 aliphatic carbocycles. The van der Waals surface area contributed by atoms with Gasteiger partial charge >= 0.3 is 0 Å². The van der Waals surface area contributed by atoms with Crippen LogP contribution in [0.25, 0.3) is 0 Å². The molecule has 1 aromatic carbocycles. The number of nitrogens with one attached hydrogen (secondary N) is 1. The van der Waals surface area contributed by atoms with Crippen LogP contribution in [0.5, 0.6) is 0 Å². The predicted octanol–water partition coefficient (Wildman–Crippen LogP) is 3.91. The van der Waals surface area contributed by atoms with Crippen molar-refractivity contribution >= 4 is 40.9 Å². The molecule has 1 saturated carbocycles. The summed E-state index contributed by atoms with van der Waals surface area (Å²) in [6, 6.07) is 7.18. The van der Waals surface area contributed by atoms with Crippen LogP contribution in [0.1, 0.15) is 51.4 Å². The Bertz CT molecular complexity index is 783. The van der Waals surface area contributed by atoms with E-state index < -0.39 is 6.04 Å². The second-order valence-corrected chi connectivity index (χ2v) is 9.91. The van der Waals surface area contributed by atoms with Gasteiger partial charge in [0.15, 0.2) is 0 Å². The minimum absolute atomic E-state index is 0.142. The maximum atomic E-state index is 13.2. The molecular formula is C24H33N3O3S. The van der Waals surface area contributed by atoms with Crippen LogP contribution in [0.4, 0.5) is 11.4 Å². The van der Waals surface area contributed by atoms with E-state index in [0.717, 1.165) is 44.5 Å². The zero-order valence-corrected chi connectivity index (χ0v) is 19.2. The van der Waals surface area contributed by atoms with Gasteiger partial charge in [-0.25, -0.2) is 0 Å². The van der Waals surface area contributed by atoms with Crippen LogP contribution >= 0.6 is 11.8 Å². The van der Waals surface area contributed by atoms with Crippen molar-refractivity contribution in [2.24, 2.45) is 11.8 Å². The Hall–Kier alpha value is -2.02. The number of hydrogen-bond donors (Lipinski definition) is 1. The van der Waals surface area contributed by atoms with Gasteiger partial charge in [-0.15, -0.1) is 0 Å². The maximum absolute atomic E-state index is 13.2. The van der Waals surface area contributed by atoms with Gasteiger partial charge in [0.05, 0.1) is 11.8 Å². The first-order valence-corrected chi connectivity index (χ1v) is 13.0. The summed E-state index contributed by atoms with van der Waals surface area (Å²) >= 11 is 1.62. The van der Waals surface area contributed by atoms with Crippen molar-refractivity contribution in [3.63, 3.8) is 0 Å². The third kappa shape index (κ3) is 4.76. The topological polar surface area (TPSA) is 69.7 Å². The molecule has 1 N–H and O–H groups in total.